The van der Waals surface area contributed by atoms with E-state index in [1.165, 1.54) is 0 Å². The molecular formula is C24H27ClN6O2. The molecule has 2 aromatic heterocycles. The Labute approximate surface area is 197 Å². The van der Waals surface area contributed by atoms with Crippen molar-refractivity contribution in [1.29, 1.82) is 0 Å². The number of aromatic nitrogens is 4. The fourth-order valence-electron chi connectivity index (χ4n) is 3.50. The topological polar surface area (TPSA) is 108 Å². The maximum Gasteiger partial charge on any atom is 0.227 e. The number of anilines is 2. The number of phenolic OH excluding ortho intramolecular Hbond substituents is 1. The standard InChI is InChI=1S/C24H27ClN6O2/c1-15(2)19(13-32)28-24-29-22(26-11-17-9-6-10-18(25)21(17)33)20-23(30-24)31(14-27-20)12-16-7-4-3-5-8-16/h3-10,14-15,19,32-33H,11-13H2,1-2H3,(H2,26,28,29,30). The van der Waals surface area contributed by atoms with Crippen molar-refractivity contribution < 1.29 is 10.2 Å². The molecule has 0 spiro atoms. The first kappa shape index (κ1) is 22.8. The van der Waals surface area contributed by atoms with Gasteiger partial charge in [0.2, 0.25) is 5.95 Å². The molecule has 0 saturated carbocycles. The van der Waals surface area contributed by atoms with Crippen LogP contribution in [0.2, 0.25) is 5.02 Å². The molecule has 1 atom stereocenters. The van der Waals surface area contributed by atoms with Crippen LogP contribution in [-0.4, -0.2) is 42.4 Å². The number of aliphatic hydroxyl groups is 1. The molecule has 4 rings (SSSR count). The van der Waals surface area contributed by atoms with E-state index in [9.17, 15) is 10.2 Å². The minimum Gasteiger partial charge on any atom is -0.506 e. The summed E-state index contributed by atoms with van der Waals surface area (Å²) in [4.78, 5) is 13.9. The van der Waals surface area contributed by atoms with Gasteiger partial charge in [-0.2, -0.15) is 9.97 Å². The summed E-state index contributed by atoms with van der Waals surface area (Å²) in [6, 6.07) is 15.1. The maximum atomic E-state index is 10.3. The molecule has 4 aromatic rings. The summed E-state index contributed by atoms with van der Waals surface area (Å²) in [7, 11) is 0. The Bertz CT molecular complexity index is 1230. The summed E-state index contributed by atoms with van der Waals surface area (Å²) >= 11 is 6.05. The first-order valence-corrected chi connectivity index (χ1v) is 11.2. The van der Waals surface area contributed by atoms with Gasteiger partial charge in [-0.1, -0.05) is 67.9 Å². The summed E-state index contributed by atoms with van der Waals surface area (Å²) in [6.45, 7) is 4.91. The van der Waals surface area contributed by atoms with E-state index in [1.807, 2.05) is 48.7 Å². The number of aromatic hydroxyl groups is 1. The number of para-hydroxylation sites is 1. The lowest BCUT2D eigenvalue weighted by molar-refractivity contribution is 0.248. The van der Waals surface area contributed by atoms with Crippen LogP contribution >= 0.6 is 11.6 Å². The zero-order valence-electron chi connectivity index (χ0n) is 18.5. The molecule has 2 heterocycles. The zero-order chi connectivity index (χ0) is 23.4. The minimum atomic E-state index is -0.197. The van der Waals surface area contributed by atoms with Crippen molar-refractivity contribution in [3.05, 3.63) is 71.0 Å². The Morgan fingerprint density at radius 1 is 1.06 bits per heavy atom. The number of nitrogens with one attached hydrogen (secondary N) is 2. The molecule has 0 amide bonds. The molecule has 0 aliphatic carbocycles. The van der Waals surface area contributed by atoms with E-state index < -0.39 is 0 Å². The third-order valence-electron chi connectivity index (χ3n) is 5.49. The van der Waals surface area contributed by atoms with Gasteiger partial charge in [0.15, 0.2) is 17.0 Å². The Kier molecular flexibility index (Phi) is 6.96. The van der Waals surface area contributed by atoms with Gasteiger partial charge in [0.1, 0.15) is 5.75 Å². The summed E-state index contributed by atoms with van der Waals surface area (Å²) in [5, 5.41) is 26.8. The third kappa shape index (κ3) is 5.18. The van der Waals surface area contributed by atoms with E-state index in [0.29, 0.717) is 46.6 Å². The Morgan fingerprint density at radius 3 is 2.58 bits per heavy atom. The molecule has 33 heavy (non-hydrogen) atoms. The molecule has 9 heteroatoms. The maximum absolute atomic E-state index is 10.3. The first-order chi connectivity index (χ1) is 16.0. The first-order valence-electron chi connectivity index (χ1n) is 10.8. The van der Waals surface area contributed by atoms with E-state index in [2.05, 4.69) is 20.6 Å². The van der Waals surface area contributed by atoms with Gasteiger partial charge in [-0.15, -0.1) is 0 Å². The number of rotatable bonds is 9. The van der Waals surface area contributed by atoms with Gasteiger partial charge in [-0.05, 0) is 17.5 Å². The number of benzene rings is 2. The van der Waals surface area contributed by atoms with E-state index in [-0.39, 0.29) is 24.3 Å². The van der Waals surface area contributed by atoms with Crippen molar-refractivity contribution in [2.45, 2.75) is 33.0 Å². The van der Waals surface area contributed by atoms with Gasteiger partial charge < -0.3 is 25.4 Å². The number of hydrogen-bond acceptors (Lipinski definition) is 7. The lowest BCUT2D eigenvalue weighted by Gasteiger charge is -2.20. The number of nitrogens with zero attached hydrogens (tertiary/aromatic N) is 4. The lowest BCUT2D eigenvalue weighted by atomic mass is 10.1. The number of aliphatic hydroxyl groups excluding tert-OH is 1. The molecule has 0 fully saturated rings. The molecule has 0 aliphatic rings. The summed E-state index contributed by atoms with van der Waals surface area (Å²) in [5.74, 6) is 1.13. The molecule has 1 unspecified atom stereocenters. The summed E-state index contributed by atoms with van der Waals surface area (Å²) in [5.41, 5.74) is 3.04. The molecule has 0 bridgehead atoms. The van der Waals surface area contributed by atoms with Crippen molar-refractivity contribution in [3.8, 4) is 5.75 Å². The normalized spacial score (nSPS) is 12.3. The highest BCUT2D eigenvalue weighted by atomic mass is 35.5. The van der Waals surface area contributed by atoms with E-state index in [0.717, 1.165) is 5.56 Å². The van der Waals surface area contributed by atoms with E-state index >= 15 is 0 Å². The van der Waals surface area contributed by atoms with Crippen molar-refractivity contribution in [3.63, 3.8) is 0 Å². The van der Waals surface area contributed by atoms with Gasteiger partial charge >= 0.3 is 0 Å². The van der Waals surface area contributed by atoms with Crippen molar-refractivity contribution >= 4 is 34.5 Å². The molecule has 8 nitrogen and oxygen atoms in total. The number of phenols is 1. The van der Waals surface area contributed by atoms with Crippen LogP contribution < -0.4 is 10.6 Å². The predicted molar refractivity (Wildman–Crippen MR) is 131 cm³/mol. The second-order valence-corrected chi connectivity index (χ2v) is 8.61. The van der Waals surface area contributed by atoms with Crippen LogP contribution in [0.15, 0.2) is 54.9 Å². The van der Waals surface area contributed by atoms with E-state index in [4.69, 9.17) is 16.6 Å². The van der Waals surface area contributed by atoms with Crippen LogP contribution in [0.25, 0.3) is 11.2 Å². The fourth-order valence-corrected chi connectivity index (χ4v) is 3.69. The zero-order valence-corrected chi connectivity index (χ0v) is 19.3. The Hall–Kier alpha value is -3.36. The van der Waals surface area contributed by atoms with Gasteiger partial charge in [-0.3, -0.25) is 0 Å². The van der Waals surface area contributed by atoms with Crippen molar-refractivity contribution in [2.24, 2.45) is 5.92 Å². The van der Waals surface area contributed by atoms with Crippen molar-refractivity contribution in [1.82, 2.24) is 19.5 Å². The highest BCUT2D eigenvalue weighted by molar-refractivity contribution is 6.32. The van der Waals surface area contributed by atoms with Crippen LogP contribution in [-0.2, 0) is 13.1 Å². The molecule has 172 valence electrons. The van der Waals surface area contributed by atoms with Crippen molar-refractivity contribution in [2.75, 3.05) is 17.2 Å². The lowest BCUT2D eigenvalue weighted by Crippen LogP contribution is -2.30. The van der Waals surface area contributed by atoms with Crippen LogP contribution in [0.4, 0.5) is 11.8 Å². The van der Waals surface area contributed by atoms with Crippen LogP contribution in [0.5, 0.6) is 5.75 Å². The molecule has 0 saturated heterocycles. The molecular weight excluding hydrogens is 440 g/mol. The average molecular weight is 467 g/mol. The van der Waals surface area contributed by atoms with Gasteiger partial charge in [-0.25, -0.2) is 4.98 Å². The SMILES string of the molecule is CC(C)C(CO)Nc1nc(NCc2cccc(Cl)c2O)c2ncn(Cc3ccccc3)c2n1. The van der Waals surface area contributed by atoms with Gasteiger partial charge in [0, 0.05) is 12.1 Å². The largest absolute Gasteiger partial charge is 0.506 e. The van der Waals surface area contributed by atoms with Crippen LogP contribution in [0, 0.1) is 5.92 Å². The molecule has 2 aromatic carbocycles. The number of fused-ring (bicyclic) bond motifs is 1. The number of halogens is 1. The van der Waals surface area contributed by atoms with Gasteiger partial charge in [0.05, 0.1) is 30.5 Å². The van der Waals surface area contributed by atoms with Crippen LogP contribution in [0.3, 0.4) is 0 Å². The summed E-state index contributed by atoms with van der Waals surface area (Å²) in [6.07, 6.45) is 1.74. The summed E-state index contributed by atoms with van der Waals surface area (Å²) < 4.78 is 1.96. The highest BCUT2D eigenvalue weighted by Crippen LogP contribution is 2.29. The Morgan fingerprint density at radius 2 is 1.85 bits per heavy atom. The molecule has 4 N–H and O–H groups in total. The monoisotopic (exact) mass is 466 g/mol. The van der Waals surface area contributed by atoms with Gasteiger partial charge in [0.25, 0.3) is 0 Å². The second-order valence-electron chi connectivity index (χ2n) is 8.20. The smallest absolute Gasteiger partial charge is 0.227 e. The Balaban J connectivity index is 1.71. The quantitative estimate of drug-likeness (QED) is 0.291. The highest BCUT2D eigenvalue weighted by Gasteiger charge is 2.18. The number of hydrogen-bond donors (Lipinski definition) is 4. The third-order valence-corrected chi connectivity index (χ3v) is 5.80. The fraction of sp³-hybridized carbons (Fsp3) is 0.292. The van der Waals surface area contributed by atoms with E-state index in [1.54, 1.807) is 24.5 Å². The number of imidazole rings is 1. The molecule has 0 radical (unpaired) electrons. The molecule has 0 aliphatic heterocycles. The predicted octanol–water partition coefficient (Wildman–Crippen LogP) is 4.27. The minimum absolute atomic E-state index is 0.0325. The average Bonchev–Trinajstić information content (AvgIpc) is 3.21. The second kappa shape index (κ2) is 10.1. The van der Waals surface area contributed by atoms with Crippen LogP contribution in [0.1, 0.15) is 25.0 Å².